The summed E-state index contributed by atoms with van der Waals surface area (Å²) in [5.74, 6) is 2.90. The Hall–Kier alpha value is -0.700. The van der Waals surface area contributed by atoms with E-state index in [9.17, 15) is 0 Å². The highest BCUT2D eigenvalue weighted by Gasteiger charge is 2.23. The lowest BCUT2D eigenvalue weighted by Gasteiger charge is -2.18. The molecule has 2 atom stereocenters. The number of nitrogens with zero attached hydrogens (tertiary/aromatic N) is 1. The summed E-state index contributed by atoms with van der Waals surface area (Å²) in [7, 11) is 0. The highest BCUT2D eigenvalue weighted by molar-refractivity contribution is 7.97. The molecule has 0 aliphatic heterocycles. The average molecular weight is 236 g/mol. The van der Waals surface area contributed by atoms with E-state index < -0.39 is 0 Å². The Morgan fingerprint density at radius 1 is 1.50 bits per heavy atom. The minimum absolute atomic E-state index is 0.622. The fourth-order valence-electron chi connectivity index (χ4n) is 2.36. The second-order valence-corrected chi connectivity index (χ2v) is 5.51. The van der Waals surface area contributed by atoms with Gasteiger partial charge in [-0.05, 0) is 42.7 Å². The van der Waals surface area contributed by atoms with Gasteiger partial charge in [-0.25, -0.2) is 4.98 Å². The third-order valence-electron chi connectivity index (χ3n) is 3.33. The highest BCUT2D eigenvalue weighted by atomic mass is 32.2. The fraction of sp³-hybridized carbons (Fsp3) is 0.615. The van der Waals surface area contributed by atoms with Gasteiger partial charge in [0.2, 0.25) is 0 Å². The van der Waals surface area contributed by atoms with Crippen LogP contribution in [0.4, 0.5) is 5.82 Å². The molecule has 1 saturated carbocycles. The Balaban J connectivity index is 2.00. The molecule has 1 aromatic heterocycles. The lowest BCUT2D eigenvalue weighted by Crippen LogP contribution is -2.22. The van der Waals surface area contributed by atoms with Crippen molar-refractivity contribution in [3.63, 3.8) is 0 Å². The van der Waals surface area contributed by atoms with Gasteiger partial charge in [-0.1, -0.05) is 13.3 Å². The van der Waals surface area contributed by atoms with Gasteiger partial charge in [0.25, 0.3) is 0 Å². The van der Waals surface area contributed by atoms with Crippen LogP contribution in [0, 0.1) is 5.92 Å². The average Bonchev–Trinajstić information content (AvgIpc) is 2.66. The third-order valence-corrected chi connectivity index (χ3v) is 3.95. The molecule has 0 saturated heterocycles. The van der Waals surface area contributed by atoms with Gasteiger partial charge in [-0.15, -0.1) is 0 Å². The first-order chi connectivity index (χ1) is 7.79. The molecule has 0 aromatic carbocycles. The van der Waals surface area contributed by atoms with Crippen molar-refractivity contribution >= 4 is 17.6 Å². The number of thioether (sulfide) groups is 1. The standard InChI is InChI=1S/C13H20N2S/c1-10-4-3-5-12(10)15-13-8-11(9-16-2)6-7-14-13/h6-8,10,12H,3-5,9H2,1-2H3,(H,14,15). The molecule has 88 valence electrons. The summed E-state index contributed by atoms with van der Waals surface area (Å²) in [5.41, 5.74) is 1.36. The number of rotatable bonds is 4. The summed E-state index contributed by atoms with van der Waals surface area (Å²) in [5, 5.41) is 3.57. The Morgan fingerprint density at radius 2 is 2.38 bits per heavy atom. The van der Waals surface area contributed by atoms with Crippen LogP contribution in [0.15, 0.2) is 18.3 Å². The van der Waals surface area contributed by atoms with E-state index in [-0.39, 0.29) is 0 Å². The molecule has 16 heavy (non-hydrogen) atoms. The van der Waals surface area contributed by atoms with E-state index in [1.807, 2.05) is 18.0 Å². The summed E-state index contributed by atoms with van der Waals surface area (Å²) in [6, 6.07) is 4.90. The van der Waals surface area contributed by atoms with E-state index in [1.54, 1.807) is 0 Å². The molecule has 0 spiro atoms. The largest absolute Gasteiger partial charge is 0.367 e. The quantitative estimate of drug-likeness (QED) is 0.865. The number of aromatic nitrogens is 1. The zero-order valence-electron chi connectivity index (χ0n) is 10.1. The van der Waals surface area contributed by atoms with Crippen molar-refractivity contribution < 1.29 is 0 Å². The van der Waals surface area contributed by atoms with Crippen LogP contribution in [-0.4, -0.2) is 17.3 Å². The second kappa shape index (κ2) is 5.58. The summed E-state index contributed by atoms with van der Waals surface area (Å²) < 4.78 is 0. The number of pyridine rings is 1. The molecule has 1 N–H and O–H groups in total. The normalized spacial score (nSPS) is 24.6. The van der Waals surface area contributed by atoms with E-state index >= 15 is 0 Å². The van der Waals surface area contributed by atoms with Gasteiger partial charge in [0.05, 0.1) is 0 Å². The Bertz CT molecular complexity index is 340. The molecule has 0 bridgehead atoms. The van der Waals surface area contributed by atoms with E-state index in [0.29, 0.717) is 6.04 Å². The van der Waals surface area contributed by atoms with Crippen molar-refractivity contribution in [2.45, 2.75) is 38.0 Å². The van der Waals surface area contributed by atoms with Crippen LogP contribution < -0.4 is 5.32 Å². The highest BCUT2D eigenvalue weighted by Crippen LogP contribution is 2.27. The molecule has 1 aliphatic rings. The van der Waals surface area contributed by atoms with Crippen molar-refractivity contribution in [1.82, 2.24) is 4.98 Å². The van der Waals surface area contributed by atoms with Crippen molar-refractivity contribution in [2.75, 3.05) is 11.6 Å². The first-order valence-corrected chi connectivity index (χ1v) is 7.39. The fourth-order valence-corrected chi connectivity index (χ4v) is 2.87. The lowest BCUT2D eigenvalue weighted by molar-refractivity contribution is 0.555. The van der Waals surface area contributed by atoms with E-state index in [0.717, 1.165) is 17.5 Å². The van der Waals surface area contributed by atoms with Crippen molar-refractivity contribution in [3.05, 3.63) is 23.9 Å². The molecule has 0 radical (unpaired) electrons. The molecule has 1 fully saturated rings. The van der Waals surface area contributed by atoms with E-state index in [1.165, 1.54) is 24.8 Å². The van der Waals surface area contributed by atoms with Crippen LogP contribution in [0.3, 0.4) is 0 Å². The lowest BCUT2D eigenvalue weighted by atomic mass is 10.1. The number of hydrogen-bond acceptors (Lipinski definition) is 3. The predicted molar refractivity (Wildman–Crippen MR) is 71.9 cm³/mol. The maximum atomic E-state index is 4.40. The van der Waals surface area contributed by atoms with Crippen LogP contribution in [0.2, 0.25) is 0 Å². The molecule has 2 nitrogen and oxygen atoms in total. The Kier molecular flexibility index (Phi) is 4.10. The number of hydrogen-bond donors (Lipinski definition) is 1. The van der Waals surface area contributed by atoms with Gasteiger partial charge >= 0.3 is 0 Å². The van der Waals surface area contributed by atoms with Crippen molar-refractivity contribution in [3.8, 4) is 0 Å². The van der Waals surface area contributed by atoms with Crippen molar-refractivity contribution in [2.24, 2.45) is 5.92 Å². The van der Waals surface area contributed by atoms with Gasteiger partial charge in [0.15, 0.2) is 0 Å². The van der Waals surface area contributed by atoms with E-state index in [2.05, 4.69) is 35.6 Å². The van der Waals surface area contributed by atoms with Gasteiger partial charge < -0.3 is 5.32 Å². The first-order valence-electron chi connectivity index (χ1n) is 6.00. The second-order valence-electron chi connectivity index (χ2n) is 4.64. The van der Waals surface area contributed by atoms with Crippen LogP contribution in [0.5, 0.6) is 0 Å². The van der Waals surface area contributed by atoms with Crippen LogP contribution in [-0.2, 0) is 5.75 Å². The molecular formula is C13H20N2S. The zero-order chi connectivity index (χ0) is 11.4. The molecule has 1 aliphatic carbocycles. The maximum Gasteiger partial charge on any atom is 0.126 e. The molecule has 0 amide bonds. The molecule has 3 heteroatoms. The first kappa shape index (κ1) is 11.8. The van der Waals surface area contributed by atoms with Crippen LogP contribution in [0.25, 0.3) is 0 Å². The smallest absolute Gasteiger partial charge is 0.126 e. The van der Waals surface area contributed by atoms with Gasteiger partial charge in [-0.2, -0.15) is 11.8 Å². The van der Waals surface area contributed by atoms with Gasteiger partial charge in [0.1, 0.15) is 5.82 Å². The predicted octanol–water partition coefficient (Wildman–Crippen LogP) is 3.55. The van der Waals surface area contributed by atoms with E-state index in [4.69, 9.17) is 0 Å². The number of anilines is 1. The van der Waals surface area contributed by atoms with Crippen LogP contribution >= 0.6 is 11.8 Å². The minimum Gasteiger partial charge on any atom is -0.367 e. The molecule has 1 heterocycles. The maximum absolute atomic E-state index is 4.40. The van der Waals surface area contributed by atoms with Gasteiger partial charge in [0, 0.05) is 18.0 Å². The topological polar surface area (TPSA) is 24.9 Å². The Labute approximate surface area is 102 Å². The monoisotopic (exact) mass is 236 g/mol. The van der Waals surface area contributed by atoms with Crippen LogP contribution in [0.1, 0.15) is 31.7 Å². The van der Waals surface area contributed by atoms with Crippen molar-refractivity contribution in [1.29, 1.82) is 0 Å². The number of nitrogens with one attached hydrogen (secondary N) is 1. The molecular weight excluding hydrogens is 216 g/mol. The zero-order valence-corrected chi connectivity index (χ0v) is 10.9. The molecule has 2 unspecified atom stereocenters. The SMILES string of the molecule is CSCc1ccnc(NC2CCCC2C)c1. The Morgan fingerprint density at radius 3 is 3.06 bits per heavy atom. The summed E-state index contributed by atoms with van der Waals surface area (Å²) in [6.07, 6.45) is 8.03. The summed E-state index contributed by atoms with van der Waals surface area (Å²) in [4.78, 5) is 4.40. The third kappa shape index (κ3) is 2.91. The summed E-state index contributed by atoms with van der Waals surface area (Å²) in [6.45, 7) is 2.33. The molecule has 2 rings (SSSR count). The minimum atomic E-state index is 0.622. The summed E-state index contributed by atoms with van der Waals surface area (Å²) >= 11 is 1.85. The van der Waals surface area contributed by atoms with Gasteiger partial charge in [-0.3, -0.25) is 0 Å². The molecule has 1 aromatic rings.